The second-order valence-corrected chi connectivity index (χ2v) is 9.60. The minimum Gasteiger partial charge on any atom is -0.356 e. The van der Waals surface area contributed by atoms with Crippen LogP contribution in [0.15, 0.2) is 20.8 Å². The second kappa shape index (κ2) is 10.2. The maximum Gasteiger partial charge on any atom is 0.216 e. The summed E-state index contributed by atoms with van der Waals surface area (Å²) in [6, 6.07) is 3.81. The molecule has 0 saturated carbocycles. The fourth-order valence-corrected chi connectivity index (χ4v) is 5.59. The third kappa shape index (κ3) is 6.54. The van der Waals surface area contributed by atoms with Crippen molar-refractivity contribution in [1.82, 2.24) is 15.5 Å². The maximum atomic E-state index is 12.3. The molecule has 2 heterocycles. The second-order valence-electron chi connectivity index (χ2n) is 4.89. The Kier molecular flexibility index (Phi) is 8.23. The van der Waals surface area contributed by atoms with Gasteiger partial charge in [-0.05, 0) is 25.0 Å². The quantitative estimate of drug-likeness (QED) is 0.483. The number of rotatable bonds is 10. The minimum atomic E-state index is -0.0345. The molecule has 0 radical (unpaired) electrons. The Morgan fingerprint density at radius 2 is 1.92 bits per heavy atom. The first-order valence-corrected chi connectivity index (χ1v) is 11.1. The van der Waals surface area contributed by atoms with Crippen LogP contribution in [0.5, 0.6) is 0 Å². The van der Waals surface area contributed by atoms with E-state index in [1.807, 2.05) is 12.1 Å². The lowest BCUT2D eigenvalue weighted by Gasteiger charge is -1.99. The molecule has 2 rings (SSSR count). The lowest BCUT2D eigenvalue weighted by atomic mass is 10.3. The van der Waals surface area contributed by atoms with Crippen LogP contribution in [0.4, 0.5) is 0 Å². The van der Waals surface area contributed by atoms with Crippen LogP contribution in [0.2, 0.25) is 0 Å². The molecule has 0 atom stereocenters. The molecule has 1 amide bonds. The van der Waals surface area contributed by atoms with E-state index in [2.05, 4.69) is 22.4 Å². The van der Waals surface area contributed by atoms with Gasteiger partial charge in [-0.15, -0.1) is 21.5 Å². The summed E-state index contributed by atoms with van der Waals surface area (Å²) in [5.41, 5.74) is 0. The van der Waals surface area contributed by atoms with Crippen molar-refractivity contribution in [3.63, 3.8) is 0 Å². The summed E-state index contributed by atoms with van der Waals surface area (Å²) in [4.78, 5) is 25.0. The number of amides is 1. The highest BCUT2D eigenvalue weighted by molar-refractivity contribution is 8.03. The summed E-state index contributed by atoms with van der Waals surface area (Å²) in [6.45, 7) is 4.23. The first-order valence-electron chi connectivity index (χ1n) is 7.54. The molecule has 0 aliphatic carbocycles. The van der Waals surface area contributed by atoms with Crippen LogP contribution in [0, 0.1) is 0 Å². The number of Topliss-reactive ketones (excluding diaryl/α,β-unsaturated/α-hetero) is 1. The first kappa shape index (κ1) is 19.4. The zero-order valence-corrected chi connectivity index (χ0v) is 16.8. The molecule has 2 aromatic rings. The largest absolute Gasteiger partial charge is 0.356 e. The monoisotopic (exact) mass is 401 g/mol. The fraction of sp³-hybridized carbons (Fsp3) is 0.467. The van der Waals surface area contributed by atoms with E-state index < -0.39 is 0 Å². The third-order valence-electron chi connectivity index (χ3n) is 2.83. The molecule has 0 aliphatic heterocycles. The van der Waals surface area contributed by atoms with Gasteiger partial charge in [-0.1, -0.05) is 41.8 Å². The van der Waals surface area contributed by atoms with Crippen molar-refractivity contribution < 1.29 is 9.59 Å². The molecule has 0 saturated heterocycles. The van der Waals surface area contributed by atoms with Gasteiger partial charge in [0.25, 0.3) is 0 Å². The van der Waals surface area contributed by atoms with E-state index in [4.69, 9.17) is 0 Å². The summed E-state index contributed by atoms with van der Waals surface area (Å²) in [6.07, 6.45) is 1.85. The summed E-state index contributed by atoms with van der Waals surface area (Å²) >= 11 is 6.18. The number of hydrogen-bond acceptors (Lipinski definition) is 8. The summed E-state index contributed by atoms with van der Waals surface area (Å²) in [7, 11) is 0. The van der Waals surface area contributed by atoms with Gasteiger partial charge in [-0.2, -0.15) is 0 Å². The van der Waals surface area contributed by atoms with Crippen molar-refractivity contribution in [2.24, 2.45) is 0 Å². The van der Waals surface area contributed by atoms with Crippen molar-refractivity contribution in [1.29, 1.82) is 0 Å². The Balaban J connectivity index is 1.79. The van der Waals surface area contributed by atoms with Gasteiger partial charge < -0.3 is 5.32 Å². The SMILES string of the molecule is CCCSc1nnc(SCC(=O)c2ccc(CCNC(C)=O)s2)s1. The van der Waals surface area contributed by atoms with Crippen molar-refractivity contribution in [3.05, 3.63) is 21.9 Å². The molecule has 1 N–H and O–H groups in total. The lowest BCUT2D eigenvalue weighted by molar-refractivity contribution is -0.118. The number of hydrogen-bond donors (Lipinski definition) is 1. The molecule has 0 bridgehead atoms. The number of aromatic nitrogens is 2. The Morgan fingerprint density at radius 1 is 1.17 bits per heavy atom. The highest BCUT2D eigenvalue weighted by Gasteiger charge is 2.12. The van der Waals surface area contributed by atoms with E-state index >= 15 is 0 Å². The van der Waals surface area contributed by atoms with E-state index in [0.29, 0.717) is 12.3 Å². The molecule has 0 aromatic carbocycles. The van der Waals surface area contributed by atoms with Crippen LogP contribution in [-0.4, -0.2) is 39.9 Å². The smallest absolute Gasteiger partial charge is 0.216 e. The van der Waals surface area contributed by atoms with Gasteiger partial charge >= 0.3 is 0 Å². The Labute approximate surface area is 158 Å². The van der Waals surface area contributed by atoms with E-state index in [9.17, 15) is 9.59 Å². The number of nitrogens with zero attached hydrogens (tertiary/aromatic N) is 2. The first-order chi connectivity index (χ1) is 11.6. The number of thioether (sulfide) groups is 2. The zero-order valence-electron chi connectivity index (χ0n) is 13.5. The number of nitrogens with one attached hydrogen (secondary N) is 1. The predicted molar refractivity (Wildman–Crippen MR) is 103 cm³/mol. The maximum absolute atomic E-state index is 12.3. The Morgan fingerprint density at radius 3 is 2.62 bits per heavy atom. The fourth-order valence-electron chi connectivity index (χ4n) is 1.73. The Bertz CT molecular complexity index is 684. The predicted octanol–water partition coefficient (Wildman–Crippen LogP) is 3.76. The number of carbonyl (C=O) groups excluding carboxylic acids is 2. The highest BCUT2D eigenvalue weighted by atomic mass is 32.2. The van der Waals surface area contributed by atoms with Gasteiger partial charge in [0.1, 0.15) is 0 Å². The highest BCUT2D eigenvalue weighted by Crippen LogP contribution is 2.30. The summed E-state index contributed by atoms with van der Waals surface area (Å²) in [5, 5.41) is 11.0. The van der Waals surface area contributed by atoms with Gasteiger partial charge in [0.2, 0.25) is 5.91 Å². The van der Waals surface area contributed by atoms with E-state index in [-0.39, 0.29) is 11.7 Å². The average Bonchev–Trinajstić information content (AvgIpc) is 3.19. The molecule has 0 aliphatic rings. The van der Waals surface area contributed by atoms with Gasteiger partial charge in [-0.25, -0.2) is 0 Å². The van der Waals surface area contributed by atoms with Crippen LogP contribution in [0.3, 0.4) is 0 Å². The molecule has 5 nitrogen and oxygen atoms in total. The minimum absolute atomic E-state index is 0.0345. The van der Waals surface area contributed by atoms with Gasteiger partial charge in [-0.3, -0.25) is 9.59 Å². The third-order valence-corrected chi connectivity index (χ3v) is 7.41. The topological polar surface area (TPSA) is 72.0 Å². The van der Waals surface area contributed by atoms with Gasteiger partial charge in [0.15, 0.2) is 14.5 Å². The lowest BCUT2D eigenvalue weighted by Crippen LogP contribution is -2.22. The van der Waals surface area contributed by atoms with Crippen molar-refractivity contribution >= 4 is 57.9 Å². The van der Waals surface area contributed by atoms with Crippen LogP contribution >= 0.6 is 46.2 Å². The summed E-state index contributed by atoms with van der Waals surface area (Å²) < 4.78 is 1.80. The molecule has 24 heavy (non-hydrogen) atoms. The van der Waals surface area contributed by atoms with Crippen LogP contribution in [0.25, 0.3) is 0 Å². The molecule has 130 valence electrons. The van der Waals surface area contributed by atoms with Crippen LogP contribution in [0.1, 0.15) is 34.8 Å². The molecular formula is C15H19N3O2S4. The molecule has 0 spiro atoms. The molecular weight excluding hydrogens is 382 g/mol. The number of ketones is 1. The van der Waals surface area contributed by atoms with Crippen LogP contribution in [-0.2, 0) is 11.2 Å². The van der Waals surface area contributed by atoms with Crippen molar-refractivity contribution in [2.45, 2.75) is 35.4 Å². The molecule has 0 fully saturated rings. The standard InChI is InChI=1S/C15H19N3O2S4/c1-3-8-21-14-17-18-15(24-14)22-9-12(20)13-5-4-11(23-13)6-7-16-10(2)19/h4-5H,3,6-9H2,1-2H3,(H,16,19). The molecule has 9 heteroatoms. The van der Waals surface area contributed by atoms with E-state index in [1.54, 1.807) is 23.1 Å². The Hall–Kier alpha value is -0.900. The molecule has 0 unspecified atom stereocenters. The average molecular weight is 402 g/mol. The normalized spacial score (nSPS) is 10.8. The number of carbonyl (C=O) groups is 2. The zero-order chi connectivity index (χ0) is 17.4. The molecule has 2 aromatic heterocycles. The van der Waals surface area contributed by atoms with E-state index in [1.165, 1.54) is 30.0 Å². The van der Waals surface area contributed by atoms with Gasteiger partial charge in [0, 0.05) is 24.1 Å². The van der Waals surface area contributed by atoms with Crippen molar-refractivity contribution in [3.8, 4) is 0 Å². The van der Waals surface area contributed by atoms with Crippen LogP contribution < -0.4 is 5.32 Å². The number of thiophene rings is 1. The van der Waals surface area contributed by atoms with Gasteiger partial charge in [0.05, 0.1) is 10.6 Å². The summed E-state index contributed by atoms with van der Waals surface area (Å²) in [5.74, 6) is 1.48. The van der Waals surface area contributed by atoms with Crippen molar-refractivity contribution in [2.75, 3.05) is 18.1 Å². The van der Waals surface area contributed by atoms with E-state index in [0.717, 1.165) is 37.0 Å².